The number of carbonyl (C=O) groups excluding carboxylic acids is 1. The number of hydrogen-bond donors (Lipinski definition) is 3. The molecular formula is C15H24N2O4. The van der Waals surface area contributed by atoms with Crippen LogP contribution in [0.2, 0.25) is 0 Å². The first kappa shape index (κ1) is 17.1. The molecular weight excluding hydrogens is 272 g/mol. The second-order valence-corrected chi connectivity index (χ2v) is 5.41. The molecule has 118 valence electrons. The maximum absolute atomic E-state index is 11.6. The summed E-state index contributed by atoms with van der Waals surface area (Å²) in [4.78, 5) is 22.2. The normalized spacial score (nSPS) is 12.1. The number of amides is 2. The lowest BCUT2D eigenvalue weighted by Crippen LogP contribution is -2.36. The van der Waals surface area contributed by atoms with E-state index in [0.29, 0.717) is 37.1 Å². The van der Waals surface area contributed by atoms with E-state index in [9.17, 15) is 9.59 Å². The number of hydrogen-bond acceptors (Lipinski definition) is 3. The quantitative estimate of drug-likeness (QED) is 0.653. The molecule has 6 heteroatoms. The molecule has 6 nitrogen and oxygen atoms in total. The van der Waals surface area contributed by atoms with Gasteiger partial charge < -0.3 is 20.2 Å². The van der Waals surface area contributed by atoms with Crippen molar-refractivity contribution in [3.63, 3.8) is 0 Å². The molecule has 2 amide bonds. The van der Waals surface area contributed by atoms with Gasteiger partial charge in [-0.2, -0.15) is 0 Å². The highest BCUT2D eigenvalue weighted by molar-refractivity contribution is 5.73. The Morgan fingerprint density at radius 1 is 1.29 bits per heavy atom. The van der Waals surface area contributed by atoms with Gasteiger partial charge in [-0.25, -0.2) is 4.79 Å². The number of rotatable bonds is 9. The molecule has 1 aromatic rings. The molecule has 0 fully saturated rings. The highest BCUT2D eigenvalue weighted by atomic mass is 16.4. The molecule has 0 aliphatic carbocycles. The SMILES string of the molecule is CC(C)C(CCNC(=O)NCc1ccco1)CCC(=O)O. The van der Waals surface area contributed by atoms with Crippen molar-refractivity contribution in [2.75, 3.05) is 6.54 Å². The zero-order valence-corrected chi connectivity index (χ0v) is 12.6. The molecule has 0 bridgehead atoms. The van der Waals surface area contributed by atoms with Crippen molar-refractivity contribution in [3.8, 4) is 0 Å². The summed E-state index contributed by atoms with van der Waals surface area (Å²) in [5.74, 6) is 0.625. The highest BCUT2D eigenvalue weighted by Crippen LogP contribution is 2.20. The van der Waals surface area contributed by atoms with Gasteiger partial charge in [0.25, 0.3) is 0 Å². The monoisotopic (exact) mass is 296 g/mol. The van der Waals surface area contributed by atoms with Crippen molar-refractivity contribution >= 4 is 12.0 Å². The van der Waals surface area contributed by atoms with Crippen molar-refractivity contribution < 1.29 is 19.1 Å². The zero-order valence-electron chi connectivity index (χ0n) is 12.6. The summed E-state index contributed by atoms with van der Waals surface area (Å²) in [7, 11) is 0. The molecule has 0 aromatic carbocycles. The Bertz CT molecular complexity index is 429. The second kappa shape index (κ2) is 9.05. The number of carboxylic acids is 1. The molecule has 1 aromatic heterocycles. The minimum absolute atomic E-state index is 0.174. The van der Waals surface area contributed by atoms with Gasteiger partial charge in [0, 0.05) is 13.0 Å². The Kier molecular flexibility index (Phi) is 7.36. The second-order valence-electron chi connectivity index (χ2n) is 5.41. The summed E-state index contributed by atoms with van der Waals surface area (Å²) in [6.07, 6.45) is 3.15. The van der Waals surface area contributed by atoms with Crippen molar-refractivity contribution in [2.45, 2.75) is 39.7 Å². The Morgan fingerprint density at radius 2 is 2.05 bits per heavy atom. The van der Waals surface area contributed by atoms with Crippen LogP contribution in [0.5, 0.6) is 0 Å². The molecule has 1 unspecified atom stereocenters. The van der Waals surface area contributed by atoms with Crippen molar-refractivity contribution in [2.24, 2.45) is 11.8 Å². The molecule has 0 spiro atoms. The lowest BCUT2D eigenvalue weighted by molar-refractivity contribution is -0.137. The van der Waals surface area contributed by atoms with E-state index in [1.54, 1.807) is 18.4 Å². The fourth-order valence-electron chi connectivity index (χ4n) is 2.13. The molecule has 0 saturated carbocycles. The number of aliphatic carboxylic acids is 1. The van der Waals surface area contributed by atoms with Crippen LogP contribution < -0.4 is 10.6 Å². The smallest absolute Gasteiger partial charge is 0.315 e. The lowest BCUT2D eigenvalue weighted by Gasteiger charge is -2.20. The van der Waals surface area contributed by atoms with E-state index >= 15 is 0 Å². The molecule has 0 aliphatic rings. The maximum Gasteiger partial charge on any atom is 0.315 e. The molecule has 1 heterocycles. The number of carbonyl (C=O) groups is 2. The summed E-state index contributed by atoms with van der Waals surface area (Å²) < 4.78 is 5.11. The van der Waals surface area contributed by atoms with Crippen LogP contribution in [0.25, 0.3) is 0 Å². The first-order valence-electron chi connectivity index (χ1n) is 7.25. The standard InChI is InChI=1S/C15H24N2O4/c1-11(2)12(5-6-14(18)19)7-8-16-15(20)17-10-13-4-3-9-21-13/h3-4,9,11-12H,5-8,10H2,1-2H3,(H,18,19)(H2,16,17,20). The minimum Gasteiger partial charge on any atom is -0.481 e. The van der Waals surface area contributed by atoms with E-state index < -0.39 is 5.97 Å². The van der Waals surface area contributed by atoms with Crippen LogP contribution in [0, 0.1) is 11.8 Å². The third-order valence-corrected chi connectivity index (χ3v) is 3.48. The fourth-order valence-corrected chi connectivity index (χ4v) is 2.13. The Hall–Kier alpha value is -1.98. The average molecular weight is 296 g/mol. The third kappa shape index (κ3) is 7.39. The van der Waals surface area contributed by atoms with Crippen molar-refractivity contribution in [3.05, 3.63) is 24.2 Å². The van der Waals surface area contributed by atoms with E-state index in [1.807, 2.05) is 0 Å². The van der Waals surface area contributed by atoms with Gasteiger partial charge in [0.05, 0.1) is 12.8 Å². The molecule has 21 heavy (non-hydrogen) atoms. The Balaban J connectivity index is 2.20. The van der Waals surface area contributed by atoms with Gasteiger partial charge in [0.1, 0.15) is 5.76 Å². The van der Waals surface area contributed by atoms with Crippen LogP contribution in [-0.2, 0) is 11.3 Å². The Labute approximate surface area is 124 Å². The first-order valence-corrected chi connectivity index (χ1v) is 7.25. The van der Waals surface area contributed by atoms with Crippen LogP contribution >= 0.6 is 0 Å². The molecule has 1 rings (SSSR count). The molecule has 1 atom stereocenters. The van der Waals surface area contributed by atoms with Crippen LogP contribution in [0.4, 0.5) is 4.79 Å². The highest BCUT2D eigenvalue weighted by Gasteiger charge is 2.15. The van der Waals surface area contributed by atoms with E-state index in [0.717, 1.165) is 6.42 Å². The molecule has 3 N–H and O–H groups in total. The summed E-state index contributed by atoms with van der Waals surface area (Å²) in [6.45, 7) is 5.03. The Morgan fingerprint density at radius 3 is 2.62 bits per heavy atom. The summed E-state index contributed by atoms with van der Waals surface area (Å²) in [6, 6.07) is 3.32. The number of urea groups is 1. The summed E-state index contributed by atoms with van der Waals surface area (Å²) in [5.41, 5.74) is 0. The van der Waals surface area contributed by atoms with Crippen molar-refractivity contribution in [1.82, 2.24) is 10.6 Å². The number of nitrogens with one attached hydrogen (secondary N) is 2. The third-order valence-electron chi connectivity index (χ3n) is 3.48. The van der Waals surface area contributed by atoms with E-state index in [2.05, 4.69) is 24.5 Å². The van der Waals surface area contributed by atoms with Gasteiger partial charge in [0.2, 0.25) is 0 Å². The molecule has 0 radical (unpaired) electrons. The van der Waals surface area contributed by atoms with Gasteiger partial charge in [0.15, 0.2) is 0 Å². The van der Waals surface area contributed by atoms with Crippen LogP contribution in [0.1, 0.15) is 38.9 Å². The van der Waals surface area contributed by atoms with Crippen LogP contribution in [0.15, 0.2) is 22.8 Å². The fraction of sp³-hybridized carbons (Fsp3) is 0.600. The van der Waals surface area contributed by atoms with Gasteiger partial charge >= 0.3 is 12.0 Å². The van der Waals surface area contributed by atoms with E-state index in [1.165, 1.54) is 0 Å². The van der Waals surface area contributed by atoms with Gasteiger partial charge in [-0.3, -0.25) is 4.79 Å². The lowest BCUT2D eigenvalue weighted by atomic mass is 9.88. The summed E-state index contributed by atoms with van der Waals surface area (Å²) in [5, 5.41) is 14.2. The molecule has 0 saturated heterocycles. The predicted molar refractivity (Wildman–Crippen MR) is 78.8 cm³/mol. The number of carboxylic acid groups (broad SMARTS) is 1. The average Bonchev–Trinajstić information content (AvgIpc) is 2.92. The van der Waals surface area contributed by atoms with Gasteiger partial charge in [-0.05, 0) is 36.8 Å². The van der Waals surface area contributed by atoms with Crippen LogP contribution in [0.3, 0.4) is 0 Å². The van der Waals surface area contributed by atoms with E-state index in [4.69, 9.17) is 9.52 Å². The first-order chi connectivity index (χ1) is 9.99. The topological polar surface area (TPSA) is 91.6 Å². The van der Waals surface area contributed by atoms with E-state index in [-0.39, 0.29) is 12.5 Å². The van der Waals surface area contributed by atoms with Gasteiger partial charge in [-0.1, -0.05) is 13.8 Å². The summed E-state index contributed by atoms with van der Waals surface area (Å²) >= 11 is 0. The predicted octanol–water partition coefficient (Wildman–Crippen LogP) is 2.61. The molecule has 0 aliphatic heterocycles. The van der Waals surface area contributed by atoms with Crippen molar-refractivity contribution in [1.29, 1.82) is 0 Å². The van der Waals surface area contributed by atoms with Crippen LogP contribution in [-0.4, -0.2) is 23.7 Å². The maximum atomic E-state index is 11.6. The largest absolute Gasteiger partial charge is 0.481 e. The zero-order chi connectivity index (χ0) is 15.7. The van der Waals surface area contributed by atoms with Gasteiger partial charge in [-0.15, -0.1) is 0 Å². The number of furan rings is 1. The minimum atomic E-state index is -0.773.